The molecule has 0 unspecified atom stereocenters. The van der Waals surface area contributed by atoms with Gasteiger partial charge in [0.2, 0.25) is 0 Å². The monoisotopic (exact) mass is 160 g/mol. The van der Waals surface area contributed by atoms with E-state index in [9.17, 15) is 4.79 Å². The van der Waals surface area contributed by atoms with Crippen molar-refractivity contribution in [2.45, 2.75) is 20.8 Å². The van der Waals surface area contributed by atoms with Crippen molar-refractivity contribution in [3.63, 3.8) is 0 Å². The molecule has 11 heavy (non-hydrogen) atoms. The van der Waals surface area contributed by atoms with Gasteiger partial charge >= 0.3 is 6.09 Å². The number of nitrogens with zero attached hydrogens (tertiary/aromatic N) is 1. The van der Waals surface area contributed by atoms with Crippen LogP contribution in [0.1, 0.15) is 20.8 Å². The fourth-order valence-corrected chi connectivity index (χ4v) is 0.674. The Morgan fingerprint density at radius 2 is 1.91 bits per heavy atom. The Hall–Kier alpha value is -0.770. The molecule has 4 heteroatoms. The van der Waals surface area contributed by atoms with Gasteiger partial charge in [0, 0.05) is 13.1 Å². The van der Waals surface area contributed by atoms with Gasteiger partial charge in [-0.15, -0.1) is 0 Å². The summed E-state index contributed by atoms with van der Waals surface area (Å²) in [5, 5.41) is 1.78. The van der Waals surface area contributed by atoms with Gasteiger partial charge < -0.3 is 4.74 Å². The third-order valence-corrected chi connectivity index (χ3v) is 1.29. The molecule has 1 N–H and O–H groups in total. The van der Waals surface area contributed by atoms with E-state index < -0.39 is 0 Å². The van der Waals surface area contributed by atoms with E-state index in [1.807, 2.05) is 13.8 Å². The highest BCUT2D eigenvalue weighted by atomic mass is 16.6. The predicted octanol–water partition coefficient (Wildman–Crippen LogP) is 0.989. The number of carbonyl (C=O) groups excluding carboxylic acids is 1. The zero-order chi connectivity index (χ0) is 8.69. The molecule has 0 saturated heterocycles. The number of ether oxygens (including phenoxy) is 1. The standard InChI is InChI=1S/C7H16N2O2/c1-4-9(5-2)8-7(10)11-6-3/h4-6H2,1-3H3,(H,8,10). The van der Waals surface area contributed by atoms with Gasteiger partial charge in [-0.2, -0.15) is 0 Å². The van der Waals surface area contributed by atoms with Crippen LogP contribution < -0.4 is 5.43 Å². The van der Waals surface area contributed by atoms with Gasteiger partial charge in [0.05, 0.1) is 6.61 Å². The van der Waals surface area contributed by atoms with E-state index in [1.165, 1.54) is 0 Å². The molecule has 0 radical (unpaired) electrons. The molecule has 0 aromatic carbocycles. The summed E-state index contributed by atoms with van der Waals surface area (Å²) in [6, 6.07) is 0. The van der Waals surface area contributed by atoms with Crippen LogP contribution in [0.25, 0.3) is 0 Å². The SMILES string of the molecule is CCOC(=O)NN(CC)CC. The number of carbonyl (C=O) groups is 1. The number of nitrogens with one attached hydrogen (secondary N) is 1. The molecule has 0 saturated carbocycles. The van der Waals surface area contributed by atoms with Crippen molar-refractivity contribution >= 4 is 6.09 Å². The van der Waals surface area contributed by atoms with E-state index in [0.717, 1.165) is 13.1 Å². The predicted molar refractivity (Wildman–Crippen MR) is 43.1 cm³/mol. The number of amides is 1. The Balaban J connectivity index is 3.54. The molecule has 0 rings (SSSR count). The summed E-state index contributed by atoms with van der Waals surface area (Å²) in [7, 11) is 0. The van der Waals surface area contributed by atoms with Gasteiger partial charge in [-0.05, 0) is 6.92 Å². The quantitative estimate of drug-likeness (QED) is 0.623. The molecule has 0 bridgehead atoms. The fraction of sp³-hybridized carbons (Fsp3) is 0.857. The van der Waals surface area contributed by atoms with Crippen LogP contribution in [-0.4, -0.2) is 30.8 Å². The lowest BCUT2D eigenvalue weighted by Crippen LogP contribution is -2.42. The lowest BCUT2D eigenvalue weighted by molar-refractivity contribution is 0.113. The normalized spacial score (nSPS) is 9.82. The number of hydrogen-bond donors (Lipinski definition) is 1. The van der Waals surface area contributed by atoms with Crippen molar-refractivity contribution in [3.8, 4) is 0 Å². The molecule has 66 valence electrons. The maximum Gasteiger partial charge on any atom is 0.421 e. The lowest BCUT2D eigenvalue weighted by Gasteiger charge is -2.18. The van der Waals surface area contributed by atoms with E-state index in [1.54, 1.807) is 11.9 Å². The van der Waals surface area contributed by atoms with Gasteiger partial charge in [-0.3, -0.25) is 5.43 Å². The van der Waals surface area contributed by atoms with Crippen molar-refractivity contribution in [3.05, 3.63) is 0 Å². The van der Waals surface area contributed by atoms with Crippen LogP contribution in [0.4, 0.5) is 4.79 Å². The van der Waals surface area contributed by atoms with E-state index in [0.29, 0.717) is 6.61 Å². The molecule has 0 aliphatic heterocycles. The first-order chi connectivity index (χ1) is 5.24. The van der Waals surface area contributed by atoms with Crippen molar-refractivity contribution in [1.29, 1.82) is 0 Å². The van der Waals surface area contributed by atoms with Crippen molar-refractivity contribution in [1.82, 2.24) is 10.4 Å². The van der Waals surface area contributed by atoms with Gasteiger partial charge in [0.25, 0.3) is 0 Å². The van der Waals surface area contributed by atoms with Crippen LogP contribution in [-0.2, 0) is 4.74 Å². The molecule has 0 spiro atoms. The van der Waals surface area contributed by atoms with Gasteiger partial charge in [-0.25, -0.2) is 9.80 Å². The van der Waals surface area contributed by atoms with Crippen LogP contribution in [0.2, 0.25) is 0 Å². The molecule has 0 atom stereocenters. The minimum absolute atomic E-state index is 0.379. The largest absolute Gasteiger partial charge is 0.449 e. The summed E-state index contributed by atoms with van der Waals surface area (Å²) in [5.74, 6) is 0. The van der Waals surface area contributed by atoms with Crippen molar-refractivity contribution in [2.24, 2.45) is 0 Å². The third kappa shape index (κ3) is 4.61. The maximum absolute atomic E-state index is 10.8. The second-order valence-electron chi connectivity index (χ2n) is 2.00. The highest BCUT2D eigenvalue weighted by Crippen LogP contribution is 1.82. The second-order valence-corrected chi connectivity index (χ2v) is 2.00. The topological polar surface area (TPSA) is 41.6 Å². The zero-order valence-electron chi connectivity index (χ0n) is 7.39. The lowest BCUT2D eigenvalue weighted by atomic mass is 10.6. The summed E-state index contributed by atoms with van der Waals surface area (Å²) in [5.41, 5.74) is 2.59. The van der Waals surface area contributed by atoms with Gasteiger partial charge in [0.15, 0.2) is 0 Å². The molecule has 4 nitrogen and oxygen atoms in total. The average Bonchev–Trinajstić information content (AvgIpc) is 2.01. The molecule has 0 fully saturated rings. The van der Waals surface area contributed by atoms with Crippen LogP contribution >= 0.6 is 0 Å². The minimum atomic E-state index is -0.379. The van der Waals surface area contributed by atoms with Gasteiger partial charge in [-0.1, -0.05) is 13.8 Å². The van der Waals surface area contributed by atoms with Crippen LogP contribution in [0.3, 0.4) is 0 Å². The first-order valence-electron chi connectivity index (χ1n) is 3.92. The molecular formula is C7H16N2O2. The molecular weight excluding hydrogens is 144 g/mol. The Kier molecular flexibility index (Phi) is 5.56. The van der Waals surface area contributed by atoms with Gasteiger partial charge in [0.1, 0.15) is 0 Å². The smallest absolute Gasteiger partial charge is 0.421 e. The number of hydrogen-bond acceptors (Lipinski definition) is 3. The third-order valence-electron chi connectivity index (χ3n) is 1.29. The summed E-state index contributed by atoms with van der Waals surface area (Å²) in [4.78, 5) is 10.8. The number of hydrazine groups is 1. The van der Waals surface area contributed by atoms with E-state index in [-0.39, 0.29) is 6.09 Å². The summed E-state index contributed by atoms with van der Waals surface area (Å²) in [6.07, 6.45) is -0.379. The molecule has 0 heterocycles. The highest BCUT2D eigenvalue weighted by molar-refractivity contribution is 5.66. The van der Waals surface area contributed by atoms with Crippen molar-refractivity contribution in [2.75, 3.05) is 19.7 Å². The molecule has 1 amide bonds. The Morgan fingerprint density at radius 1 is 1.36 bits per heavy atom. The summed E-state index contributed by atoms with van der Waals surface area (Å²) >= 11 is 0. The average molecular weight is 160 g/mol. The second kappa shape index (κ2) is 5.97. The van der Waals surface area contributed by atoms with E-state index in [2.05, 4.69) is 10.2 Å². The Bertz CT molecular complexity index is 113. The highest BCUT2D eigenvalue weighted by Gasteiger charge is 2.03. The van der Waals surface area contributed by atoms with Crippen LogP contribution in [0.5, 0.6) is 0 Å². The van der Waals surface area contributed by atoms with E-state index in [4.69, 9.17) is 0 Å². The molecule has 0 aliphatic rings. The fourth-order valence-electron chi connectivity index (χ4n) is 0.674. The first-order valence-corrected chi connectivity index (χ1v) is 3.92. The van der Waals surface area contributed by atoms with Crippen molar-refractivity contribution < 1.29 is 9.53 Å². The van der Waals surface area contributed by atoms with Crippen LogP contribution in [0.15, 0.2) is 0 Å². The van der Waals surface area contributed by atoms with E-state index >= 15 is 0 Å². The summed E-state index contributed by atoms with van der Waals surface area (Å²) in [6.45, 7) is 7.70. The summed E-state index contributed by atoms with van der Waals surface area (Å²) < 4.78 is 4.68. The first kappa shape index (κ1) is 10.2. The Labute approximate surface area is 67.5 Å². The zero-order valence-corrected chi connectivity index (χ0v) is 7.39. The van der Waals surface area contributed by atoms with Crippen LogP contribution in [0, 0.1) is 0 Å². The molecule has 0 aromatic rings. The number of rotatable bonds is 4. The maximum atomic E-state index is 10.8. The Morgan fingerprint density at radius 3 is 2.27 bits per heavy atom. The molecule has 0 aliphatic carbocycles. The molecule has 0 aromatic heterocycles. The minimum Gasteiger partial charge on any atom is -0.449 e.